The molecule has 1 amide bonds. The zero-order valence-electron chi connectivity index (χ0n) is 14.6. The highest BCUT2D eigenvalue weighted by Gasteiger charge is 2.45. The fourth-order valence-electron chi connectivity index (χ4n) is 5.37. The highest BCUT2D eigenvalue weighted by Crippen LogP contribution is 2.42. The summed E-state index contributed by atoms with van der Waals surface area (Å²) in [6.45, 7) is 4.26. The second-order valence-electron chi connectivity index (χ2n) is 8.11. The molecule has 1 aromatic carbocycles. The average Bonchev–Trinajstić information content (AvgIpc) is 2.91. The summed E-state index contributed by atoms with van der Waals surface area (Å²) in [5.74, 6) is 2.59. The van der Waals surface area contributed by atoms with Crippen molar-refractivity contribution in [1.82, 2.24) is 10.2 Å². The first-order valence-corrected chi connectivity index (χ1v) is 9.85. The van der Waals surface area contributed by atoms with Crippen molar-refractivity contribution < 1.29 is 4.79 Å². The number of fused-ring (bicyclic) bond motifs is 3. The van der Waals surface area contributed by atoms with Crippen molar-refractivity contribution in [3.05, 3.63) is 35.9 Å². The van der Waals surface area contributed by atoms with Crippen molar-refractivity contribution in [2.75, 3.05) is 19.6 Å². The van der Waals surface area contributed by atoms with Gasteiger partial charge in [0.2, 0.25) is 5.91 Å². The third-order valence-electron chi connectivity index (χ3n) is 6.56. The zero-order valence-corrected chi connectivity index (χ0v) is 14.6. The molecular weight excluding hydrogens is 296 g/mol. The van der Waals surface area contributed by atoms with Crippen LogP contribution in [0.3, 0.4) is 0 Å². The largest absolute Gasteiger partial charge is 0.356 e. The van der Waals surface area contributed by atoms with Crippen LogP contribution in [-0.4, -0.2) is 30.4 Å². The van der Waals surface area contributed by atoms with Gasteiger partial charge in [-0.15, -0.1) is 0 Å². The molecule has 2 aliphatic heterocycles. The predicted octanol–water partition coefficient (Wildman–Crippen LogP) is 3.45. The number of carbonyl (C=O) groups is 1. The van der Waals surface area contributed by atoms with Crippen LogP contribution in [-0.2, 0) is 11.3 Å². The molecule has 4 atom stereocenters. The lowest BCUT2D eigenvalue weighted by molar-refractivity contribution is -0.127. The molecule has 3 fully saturated rings. The van der Waals surface area contributed by atoms with Crippen LogP contribution in [0.5, 0.6) is 0 Å². The van der Waals surface area contributed by atoms with Crippen molar-refractivity contribution in [2.45, 2.75) is 45.1 Å². The predicted molar refractivity (Wildman–Crippen MR) is 96.4 cm³/mol. The summed E-state index contributed by atoms with van der Waals surface area (Å²) in [5, 5.41) is 3.28. The van der Waals surface area contributed by atoms with Crippen LogP contribution in [0.4, 0.5) is 0 Å². The van der Waals surface area contributed by atoms with E-state index in [-0.39, 0.29) is 5.92 Å². The lowest BCUT2D eigenvalue weighted by atomic mass is 9.72. The van der Waals surface area contributed by atoms with Crippen LogP contribution in [0.25, 0.3) is 0 Å². The minimum absolute atomic E-state index is 0.275. The van der Waals surface area contributed by atoms with E-state index in [4.69, 9.17) is 0 Å². The molecule has 3 heteroatoms. The van der Waals surface area contributed by atoms with Gasteiger partial charge in [-0.05, 0) is 36.2 Å². The standard InChI is InChI=1S/C21H30N2O/c24-21-19-11-7-2-1-6-10-18(19)20-15-23(14-17(20)12-22-21)13-16-8-4-3-5-9-16/h3-5,8-9,17-20H,1-2,6-7,10-15H2,(H,22,24). The minimum Gasteiger partial charge on any atom is -0.356 e. The Kier molecular flexibility index (Phi) is 4.88. The van der Waals surface area contributed by atoms with E-state index in [2.05, 4.69) is 40.5 Å². The van der Waals surface area contributed by atoms with E-state index in [9.17, 15) is 4.79 Å². The van der Waals surface area contributed by atoms with Crippen LogP contribution in [0.15, 0.2) is 30.3 Å². The minimum atomic E-state index is 0.275. The summed E-state index contributed by atoms with van der Waals surface area (Å²) < 4.78 is 0. The van der Waals surface area contributed by atoms with Gasteiger partial charge >= 0.3 is 0 Å². The molecular formula is C21H30N2O. The molecule has 0 radical (unpaired) electrons. The van der Waals surface area contributed by atoms with Crippen LogP contribution in [0, 0.1) is 23.7 Å². The molecule has 4 rings (SSSR count). The van der Waals surface area contributed by atoms with Crippen molar-refractivity contribution in [2.24, 2.45) is 23.7 Å². The van der Waals surface area contributed by atoms with E-state index >= 15 is 0 Å². The van der Waals surface area contributed by atoms with Gasteiger partial charge in [0, 0.05) is 32.1 Å². The second-order valence-corrected chi connectivity index (χ2v) is 8.11. The second kappa shape index (κ2) is 7.26. The summed E-state index contributed by atoms with van der Waals surface area (Å²) in [6.07, 6.45) is 7.59. The third kappa shape index (κ3) is 3.37. The average molecular weight is 326 g/mol. The Morgan fingerprint density at radius 3 is 2.58 bits per heavy atom. The van der Waals surface area contributed by atoms with Crippen LogP contribution < -0.4 is 5.32 Å². The fraction of sp³-hybridized carbons (Fsp3) is 0.667. The molecule has 0 bridgehead atoms. The van der Waals surface area contributed by atoms with Crippen LogP contribution in [0.2, 0.25) is 0 Å². The summed E-state index contributed by atoms with van der Waals surface area (Å²) in [5.41, 5.74) is 1.41. The first kappa shape index (κ1) is 16.1. The number of hydrogen-bond donors (Lipinski definition) is 1. The lowest BCUT2D eigenvalue weighted by Crippen LogP contribution is -2.36. The Labute approximate surface area is 145 Å². The normalized spacial score (nSPS) is 34.4. The molecule has 24 heavy (non-hydrogen) atoms. The Morgan fingerprint density at radius 2 is 1.75 bits per heavy atom. The molecule has 2 heterocycles. The van der Waals surface area contributed by atoms with Crippen molar-refractivity contribution in [1.29, 1.82) is 0 Å². The van der Waals surface area contributed by atoms with Gasteiger partial charge in [0.05, 0.1) is 0 Å². The highest BCUT2D eigenvalue weighted by molar-refractivity contribution is 5.79. The smallest absolute Gasteiger partial charge is 0.223 e. The van der Waals surface area contributed by atoms with Crippen molar-refractivity contribution in [3.8, 4) is 0 Å². The lowest BCUT2D eigenvalue weighted by Gasteiger charge is -2.32. The van der Waals surface area contributed by atoms with Gasteiger partial charge in [-0.3, -0.25) is 9.69 Å². The van der Waals surface area contributed by atoms with Gasteiger partial charge in [0.15, 0.2) is 0 Å². The van der Waals surface area contributed by atoms with Gasteiger partial charge in [0.25, 0.3) is 0 Å². The maximum atomic E-state index is 12.6. The zero-order chi connectivity index (χ0) is 16.4. The Bertz CT molecular complexity index is 558. The molecule has 4 unspecified atom stereocenters. The summed E-state index contributed by atoms with van der Waals surface area (Å²) in [6, 6.07) is 10.8. The van der Waals surface area contributed by atoms with E-state index in [1.807, 2.05) is 0 Å². The summed E-state index contributed by atoms with van der Waals surface area (Å²) in [7, 11) is 0. The first-order valence-electron chi connectivity index (χ1n) is 9.85. The number of hydrogen-bond acceptors (Lipinski definition) is 2. The molecule has 3 aliphatic rings. The number of benzene rings is 1. The maximum absolute atomic E-state index is 12.6. The summed E-state index contributed by atoms with van der Waals surface area (Å²) in [4.78, 5) is 15.2. The highest BCUT2D eigenvalue weighted by atomic mass is 16.1. The maximum Gasteiger partial charge on any atom is 0.223 e. The Hall–Kier alpha value is -1.35. The van der Waals surface area contributed by atoms with Gasteiger partial charge in [-0.25, -0.2) is 0 Å². The van der Waals surface area contributed by atoms with Gasteiger partial charge in [-0.1, -0.05) is 56.0 Å². The fourth-order valence-corrected chi connectivity index (χ4v) is 5.37. The summed E-state index contributed by atoms with van der Waals surface area (Å²) >= 11 is 0. The quantitative estimate of drug-likeness (QED) is 0.903. The van der Waals surface area contributed by atoms with Crippen molar-refractivity contribution in [3.63, 3.8) is 0 Å². The number of likely N-dealkylation sites (tertiary alicyclic amines) is 1. The molecule has 1 aliphatic carbocycles. The molecule has 2 saturated heterocycles. The molecule has 1 saturated carbocycles. The third-order valence-corrected chi connectivity index (χ3v) is 6.56. The molecule has 1 N–H and O–H groups in total. The number of rotatable bonds is 2. The molecule has 0 aromatic heterocycles. The van der Waals surface area contributed by atoms with E-state index in [1.165, 1.54) is 44.2 Å². The van der Waals surface area contributed by atoms with Crippen LogP contribution >= 0.6 is 0 Å². The number of carbonyl (C=O) groups excluding carboxylic acids is 1. The SMILES string of the molecule is O=C1NCC2CN(Cc3ccccc3)CC2C2CCCCCCC12. The molecule has 0 spiro atoms. The van der Waals surface area contributed by atoms with E-state index in [0.29, 0.717) is 23.7 Å². The van der Waals surface area contributed by atoms with Crippen LogP contribution in [0.1, 0.15) is 44.1 Å². The van der Waals surface area contributed by atoms with Gasteiger partial charge < -0.3 is 5.32 Å². The monoisotopic (exact) mass is 326 g/mol. The van der Waals surface area contributed by atoms with E-state index < -0.39 is 0 Å². The number of nitrogens with one attached hydrogen (secondary N) is 1. The number of amides is 1. The topological polar surface area (TPSA) is 32.3 Å². The van der Waals surface area contributed by atoms with Gasteiger partial charge in [-0.2, -0.15) is 0 Å². The Morgan fingerprint density at radius 1 is 0.958 bits per heavy atom. The molecule has 3 nitrogen and oxygen atoms in total. The first-order chi connectivity index (χ1) is 11.8. The number of nitrogens with zero attached hydrogens (tertiary/aromatic N) is 1. The van der Waals surface area contributed by atoms with Gasteiger partial charge in [0.1, 0.15) is 0 Å². The van der Waals surface area contributed by atoms with E-state index in [1.54, 1.807) is 0 Å². The van der Waals surface area contributed by atoms with E-state index in [0.717, 1.165) is 26.1 Å². The molecule has 1 aromatic rings. The van der Waals surface area contributed by atoms with Crippen molar-refractivity contribution >= 4 is 5.91 Å². The Balaban J connectivity index is 1.49. The molecule has 130 valence electrons.